The number of carboxylic acid groups (broad SMARTS) is 1. The van der Waals surface area contributed by atoms with E-state index in [1.807, 2.05) is 0 Å². The monoisotopic (exact) mass is 256 g/mol. The van der Waals surface area contributed by atoms with Crippen LogP contribution in [0.1, 0.15) is 20.3 Å². The predicted octanol–water partition coefficient (Wildman–Crippen LogP) is 3.42. The van der Waals surface area contributed by atoms with Gasteiger partial charge in [-0.25, -0.2) is 0 Å². The summed E-state index contributed by atoms with van der Waals surface area (Å²) < 4.78 is 36.0. The number of halogens is 4. The average Bonchev–Trinajstić information content (AvgIpc) is 2.47. The lowest BCUT2D eigenvalue weighted by atomic mass is 10.1. The molecule has 16 heavy (non-hydrogen) atoms. The highest BCUT2D eigenvalue weighted by molar-refractivity contribution is 6.29. The Morgan fingerprint density at radius 1 is 1.50 bits per heavy atom. The van der Waals surface area contributed by atoms with Gasteiger partial charge in [0, 0.05) is 5.03 Å². The van der Waals surface area contributed by atoms with Gasteiger partial charge in [0.1, 0.15) is 0 Å². The maximum Gasteiger partial charge on any atom is 0.393 e. The molecule has 0 aromatic rings. The van der Waals surface area contributed by atoms with Crippen molar-refractivity contribution < 1.29 is 23.1 Å². The van der Waals surface area contributed by atoms with E-state index >= 15 is 0 Å². The van der Waals surface area contributed by atoms with Crippen molar-refractivity contribution in [2.24, 2.45) is 17.3 Å². The Morgan fingerprint density at radius 2 is 2.00 bits per heavy atom. The van der Waals surface area contributed by atoms with Crippen molar-refractivity contribution in [3.05, 3.63) is 11.1 Å². The van der Waals surface area contributed by atoms with E-state index in [0.717, 1.165) is 0 Å². The number of carboxylic acids is 1. The molecule has 1 aliphatic carbocycles. The summed E-state index contributed by atoms with van der Waals surface area (Å²) in [5.41, 5.74) is -0.516. The number of rotatable bonds is 3. The molecule has 0 spiro atoms. The Bertz CT molecular complexity index is 333. The summed E-state index contributed by atoms with van der Waals surface area (Å²) in [4.78, 5) is 10.8. The highest BCUT2D eigenvalue weighted by atomic mass is 35.5. The fourth-order valence-electron chi connectivity index (χ4n) is 1.91. The summed E-state index contributed by atoms with van der Waals surface area (Å²) in [5.74, 6) is -2.06. The van der Waals surface area contributed by atoms with Crippen LogP contribution in [0, 0.1) is 17.3 Å². The number of carbonyl (C=O) groups is 1. The smallest absolute Gasteiger partial charge is 0.393 e. The van der Waals surface area contributed by atoms with Crippen LogP contribution in [0.3, 0.4) is 0 Å². The molecule has 0 unspecified atom stereocenters. The molecule has 6 heteroatoms. The van der Waals surface area contributed by atoms with E-state index in [4.69, 9.17) is 16.7 Å². The Hall–Kier alpha value is -0.710. The van der Waals surface area contributed by atoms with Gasteiger partial charge in [-0.15, -0.1) is 0 Å². The maximum atomic E-state index is 12.0. The zero-order chi connectivity index (χ0) is 12.7. The van der Waals surface area contributed by atoms with Crippen LogP contribution >= 0.6 is 11.6 Å². The molecule has 1 aliphatic rings. The van der Waals surface area contributed by atoms with Crippen molar-refractivity contribution in [3.8, 4) is 0 Å². The molecule has 0 saturated heterocycles. The Balaban J connectivity index is 2.69. The first kappa shape index (κ1) is 13.4. The van der Waals surface area contributed by atoms with Gasteiger partial charge >= 0.3 is 12.1 Å². The van der Waals surface area contributed by atoms with Gasteiger partial charge < -0.3 is 5.11 Å². The summed E-state index contributed by atoms with van der Waals surface area (Å²) in [6.45, 7) is 3.40. The van der Waals surface area contributed by atoms with Crippen molar-refractivity contribution in [2.45, 2.75) is 26.4 Å². The standard InChI is InChI=1S/C10H12ClF3O2/c1-9(2)6(7(9)8(15)16)3-5(11)4-10(12,13)14/h3,6-7H,4H2,1-2H3,(H,15,16)/b5-3-/t6-,7+/m1/s1. The quantitative estimate of drug-likeness (QED) is 0.840. The first-order chi connectivity index (χ1) is 7.05. The molecule has 0 amide bonds. The minimum Gasteiger partial charge on any atom is -0.481 e. The second-order valence-corrected chi connectivity index (χ2v) is 5.05. The van der Waals surface area contributed by atoms with Crippen molar-refractivity contribution in [1.82, 2.24) is 0 Å². The highest BCUT2D eigenvalue weighted by Crippen LogP contribution is 2.59. The molecule has 92 valence electrons. The fourth-order valence-corrected chi connectivity index (χ4v) is 2.19. The molecular weight excluding hydrogens is 245 g/mol. The van der Waals surface area contributed by atoms with Crippen LogP contribution in [0.25, 0.3) is 0 Å². The third-order valence-electron chi connectivity index (χ3n) is 2.91. The van der Waals surface area contributed by atoms with E-state index in [0.29, 0.717) is 0 Å². The Labute approximate surface area is 96.1 Å². The lowest BCUT2D eigenvalue weighted by molar-refractivity contribution is -0.139. The Morgan fingerprint density at radius 3 is 2.31 bits per heavy atom. The molecule has 1 saturated carbocycles. The lowest BCUT2D eigenvalue weighted by Crippen LogP contribution is -2.06. The van der Waals surface area contributed by atoms with Gasteiger partial charge in [0.15, 0.2) is 0 Å². The maximum absolute atomic E-state index is 12.0. The Kier molecular flexibility index (Phi) is 3.29. The summed E-state index contributed by atoms with van der Waals surface area (Å²) >= 11 is 5.45. The SMILES string of the molecule is CC1(C)[C@H](/C=C(\Cl)CC(F)(F)F)[C@H]1C(=O)O. The van der Waals surface area contributed by atoms with Crippen LogP contribution in [0.2, 0.25) is 0 Å². The number of hydrogen-bond acceptors (Lipinski definition) is 1. The van der Waals surface area contributed by atoms with E-state index in [1.54, 1.807) is 13.8 Å². The van der Waals surface area contributed by atoms with Gasteiger partial charge in [-0.05, 0) is 11.3 Å². The van der Waals surface area contributed by atoms with Gasteiger partial charge in [0.05, 0.1) is 12.3 Å². The van der Waals surface area contributed by atoms with E-state index in [2.05, 4.69) is 0 Å². The predicted molar refractivity (Wildman–Crippen MR) is 53.0 cm³/mol. The third kappa shape index (κ3) is 2.90. The average molecular weight is 257 g/mol. The largest absolute Gasteiger partial charge is 0.481 e. The molecule has 2 atom stereocenters. The first-order valence-corrected chi connectivity index (χ1v) is 5.09. The van der Waals surface area contributed by atoms with Gasteiger partial charge in [-0.3, -0.25) is 4.79 Å². The first-order valence-electron chi connectivity index (χ1n) is 4.71. The van der Waals surface area contributed by atoms with E-state index in [-0.39, 0.29) is 5.03 Å². The second-order valence-electron chi connectivity index (χ2n) is 4.57. The minimum atomic E-state index is -4.36. The van der Waals surface area contributed by atoms with Gasteiger partial charge in [0.25, 0.3) is 0 Å². The summed E-state index contributed by atoms with van der Waals surface area (Å²) in [5, 5.41) is 8.47. The van der Waals surface area contributed by atoms with E-state index in [9.17, 15) is 18.0 Å². The van der Waals surface area contributed by atoms with Crippen molar-refractivity contribution >= 4 is 17.6 Å². The van der Waals surface area contributed by atoms with Gasteiger partial charge in [0.2, 0.25) is 0 Å². The third-order valence-corrected chi connectivity index (χ3v) is 3.17. The minimum absolute atomic E-state index is 0.339. The van der Waals surface area contributed by atoms with Crippen LogP contribution in [0.4, 0.5) is 13.2 Å². The van der Waals surface area contributed by atoms with Crippen LogP contribution in [-0.2, 0) is 4.79 Å². The summed E-state index contributed by atoms with van der Waals surface area (Å²) in [6.07, 6.45) is -4.34. The molecule has 0 aromatic carbocycles. The molecule has 0 aliphatic heterocycles. The molecular formula is C10H12ClF3O2. The molecule has 0 heterocycles. The summed E-state index contributed by atoms with van der Waals surface area (Å²) in [6, 6.07) is 0. The van der Waals surface area contributed by atoms with Gasteiger partial charge in [-0.1, -0.05) is 31.5 Å². The molecule has 0 aromatic heterocycles. The van der Waals surface area contributed by atoms with Crippen LogP contribution in [0.5, 0.6) is 0 Å². The van der Waals surface area contributed by atoms with Gasteiger partial charge in [-0.2, -0.15) is 13.2 Å². The zero-order valence-corrected chi connectivity index (χ0v) is 9.56. The zero-order valence-electron chi connectivity index (χ0n) is 8.81. The topological polar surface area (TPSA) is 37.3 Å². The van der Waals surface area contributed by atoms with Crippen molar-refractivity contribution in [2.75, 3.05) is 0 Å². The number of aliphatic carboxylic acids is 1. The number of alkyl halides is 3. The van der Waals surface area contributed by atoms with E-state index < -0.39 is 35.8 Å². The van der Waals surface area contributed by atoms with Crippen molar-refractivity contribution in [1.29, 1.82) is 0 Å². The van der Waals surface area contributed by atoms with Crippen LogP contribution < -0.4 is 0 Å². The highest BCUT2D eigenvalue weighted by Gasteiger charge is 2.61. The van der Waals surface area contributed by atoms with Crippen LogP contribution in [-0.4, -0.2) is 17.3 Å². The molecule has 1 N–H and O–H groups in total. The molecule has 1 fully saturated rings. The number of allylic oxidation sites excluding steroid dienone is 2. The van der Waals surface area contributed by atoms with Crippen molar-refractivity contribution in [3.63, 3.8) is 0 Å². The number of hydrogen-bond donors (Lipinski definition) is 1. The lowest BCUT2D eigenvalue weighted by Gasteiger charge is -2.04. The summed E-state index contributed by atoms with van der Waals surface area (Å²) in [7, 11) is 0. The molecule has 1 rings (SSSR count). The molecule has 0 bridgehead atoms. The second kappa shape index (κ2) is 3.95. The van der Waals surface area contributed by atoms with E-state index in [1.165, 1.54) is 6.08 Å². The normalized spacial score (nSPS) is 29.0. The molecule has 2 nitrogen and oxygen atoms in total. The fraction of sp³-hybridized carbons (Fsp3) is 0.700. The molecule has 0 radical (unpaired) electrons. The van der Waals surface area contributed by atoms with Crippen LogP contribution in [0.15, 0.2) is 11.1 Å².